The minimum Gasteiger partial charge on any atom is -0.354 e. The Balaban J connectivity index is 1.87. The minimum atomic E-state index is -4.00. The molecule has 0 fully saturated rings. The molecule has 8 heteroatoms. The standard InChI is InChI=1S/C24H30N4O3S/c1-17-11-13-22(14-12-17)28(32(30,31)24-19(3)26-27(5)20(24)4)16-23(29)25-15-18(2)21-9-7-6-8-10-21/h6-14,18H,15-16H2,1-5H3,(H,25,29)/t18-/m1/s1. The fourth-order valence-corrected chi connectivity index (χ4v) is 5.44. The van der Waals surface area contributed by atoms with Crippen LogP contribution in [0.25, 0.3) is 0 Å². The summed E-state index contributed by atoms with van der Waals surface area (Å²) in [6.45, 7) is 7.41. The van der Waals surface area contributed by atoms with Gasteiger partial charge in [-0.05, 0) is 44.4 Å². The lowest BCUT2D eigenvalue weighted by Crippen LogP contribution is -2.42. The van der Waals surface area contributed by atoms with Crippen molar-refractivity contribution in [1.29, 1.82) is 0 Å². The Bertz CT molecular complexity index is 1190. The molecule has 7 nitrogen and oxygen atoms in total. The van der Waals surface area contributed by atoms with Gasteiger partial charge in [0.05, 0.1) is 17.1 Å². The van der Waals surface area contributed by atoms with Crippen LogP contribution < -0.4 is 9.62 Å². The van der Waals surface area contributed by atoms with Crippen molar-refractivity contribution < 1.29 is 13.2 Å². The number of hydrogen-bond acceptors (Lipinski definition) is 4. The van der Waals surface area contributed by atoms with Gasteiger partial charge in [-0.1, -0.05) is 55.0 Å². The molecule has 32 heavy (non-hydrogen) atoms. The summed E-state index contributed by atoms with van der Waals surface area (Å²) in [7, 11) is -2.30. The largest absolute Gasteiger partial charge is 0.354 e. The fourth-order valence-electron chi connectivity index (χ4n) is 3.62. The highest BCUT2D eigenvalue weighted by Gasteiger charge is 2.32. The summed E-state index contributed by atoms with van der Waals surface area (Å²) in [5, 5.41) is 7.13. The average Bonchev–Trinajstić information content (AvgIpc) is 3.03. The molecule has 0 unspecified atom stereocenters. The maximum absolute atomic E-state index is 13.7. The van der Waals surface area contributed by atoms with E-state index in [0.29, 0.717) is 23.6 Å². The average molecular weight is 455 g/mol. The number of anilines is 1. The van der Waals surface area contributed by atoms with E-state index in [1.54, 1.807) is 33.0 Å². The second-order valence-corrected chi connectivity index (χ2v) is 9.89. The van der Waals surface area contributed by atoms with Crippen LogP contribution >= 0.6 is 0 Å². The molecule has 0 saturated carbocycles. The van der Waals surface area contributed by atoms with E-state index in [4.69, 9.17) is 0 Å². The summed E-state index contributed by atoms with van der Waals surface area (Å²) in [6, 6.07) is 17.0. The van der Waals surface area contributed by atoms with Gasteiger partial charge in [-0.15, -0.1) is 0 Å². The fraction of sp³-hybridized carbons (Fsp3) is 0.333. The van der Waals surface area contributed by atoms with E-state index in [1.165, 1.54) is 4.68 Å². The Morgan fingerprint density at radius 3 is 2.25 bits per heavy atom. The monoisotopic (exact) mass is 454 g/mol. The van der Waals surface area contributed by atoms with Crippen LogP contribution in [0.1, 0.15) is 35.4 Å². The number of amides is 1. The van der Waals surface area contributed by atoms with E-state index >= 15 is 0 Å². The summed E-state index contributed by atoms with van der Waals surface area (Å²) < 4.78 is 30.0. The lowest BCUT2D eigenvalue weighted by atomic mass is 10.0. The van der Waals surface area contributed by atoms with Crippen LogP contribution in [0.3, 0.4) is 0 Å². The van der Waals surface area contributed by atoms with Gasteiger partial charge in [0.2, 0.25) is 5.91 Å². The number of nitrogens with one attached hydrogen (secondary N) is 1. The number of benzene rings is 2. The van der Waals surface area contributed by atoms with Crippen LogP contribution in [0, 0.1) is 20.8 Å². The molecule has 3 rings (SSSR count). The summed E-state index contributed by atoms with van der Waals surface area (Å²) in [5.41, 5.74) is 3.47. The Labute approximate surface area is 190 Å². The first-order chi connectivity index (χ1) is 15.1. The molecule has 3 aromatic rings. The van der Waals surface area contributed by atoms with Crippen molar-refractivity contribution in [2.24, 2.45) is 7.05 Å². The Hall–Kier alpha value is -3.13. The van der Waals surface area contributed by atoms with Gasteiger partial charge in [-0.3, -0.25) is 13.8 Å². The predicted molar refractivity (Wildman–Crippen MR) is 126 cm³/mol. The molecule has 0 aliphatic rings. The Kier molecular flexibility index (Phi) is 7.03. The third-order valence-electron chi connectivity index (χ3n) is 5.57. The molecule has 1 N–H and O–H groups in total. The van der Waals surface area contributed by atoms with Crippen molar-refractivity contribution in [2.45, 2.75) is 38.5 Å². The zero-order chi connectivity index (χ0) is 23.5. The third-order valence-corrected chi connectivity index (χ3v) is 7.60. The highest BCUT2D eigenvalue weighted by atomic mass is 32.2. The maximum Gasteiger partial charge on any atom is 0.268 e. The van der Waals surface area contributed by atoms with Crippen molar-refractivity contribution in [3.8, 4) is 0 Å². The number of aromatic nitrogens is 2. The number of sulfonamides is 1. The van der Waals surface area contributed by atoms with E-state index in [0.717, 1.165) is 15.4 Å². The second-order valence-electron chi connectivity index (χ2n) is 8.09. The molecule has 1 atom stereocenters. The van der Waals surface area contributed by atoms with Crippen molar-refractivity contribution in [2.75, 3.05) is 17.4 Å². The van der Waals surface area contributed by atoms with Crippen molar-refractivity contribution in [3.05, 3.63) is 77.1 Å². The molecule has 0 bridgehead atoms. The number of nitrogens with zero attached hydrogens (tertiary/aromatic N) is 3. The van der Waals surface area contributed by atoms with Crippen LogP contribution in [-0.2, 0) is 21.9 Å². The van der Waals surface area contributed by atoms with Crippen LogP contribution in [0.15, 0.2) is 59.5 Å². The van der Waals surface area contributed by atoms with E-state index in [1.807, 2.05) is 56.3 Å². The predicted octanol–water partition coefficient (Wildman–Crippen LogP) is 3.46. The van der Waals surface area contributed by atoms with Gasteiger partial charge in [0.1, 0.15) is 11.4 Å². The second kappa shape index (κ2) is 9.56. The quantitative estimate of drug-likeness (QED) is 0.565. The first-order valence-corrected chi connectivity index (χ1v) is 12.0. The molecule has 170 valence electrons. The van der Waals surface area contributed by atoms with Crippen LogP contribution in [0.2, 0.25) is 0 Å². The zero-order valence-electron chi connectivity index (χ0n) is 19.2. The van der Waals surface area contributed by atoms with Crippen molar-refractivity contribution in [3.63, 3.8) is 0 Å². The van der Waals surface area contributed by atoms with E-state index in [-0.39, 0.29) is 23.3 Å². The van der Waals surface area contributed by atoms with Gasteiger partial charge in [-0.25, -0.2) is 8.42 Å². The molecule has 1 aromatic heterocycles. The lowest BCUT2D eigenvalue weighted by Gasteiger charge is -2.25. The van der Waals surface area contributed by atoms with Gasteiger partial charge in [0.25, 0.3) is 10.0 Å². The lowest BCUT2D eigenvalue weighted by molar-refractivity contribution is -0.119. The highest BCUT2D eigenvalue weighted by molar-refractivity contribution is 7.93. The van der Waals surface area contributed by atoms with Gasteiger partial charge >= 0.3 is 0 Å². The number of carbonyl (C=O) groups excluding carboxylic acids is 1. The van der Waals surface area contributed by atoms with E-state index in [2.05, 4.69) is 10.4 Å². The van der Waals surface area contributed by atoms with Crippen LogP contribution in [0.4, 0.5) is 5.69 Å². The molecular weight excluding hydrogens is 424 g/mol. The van der Waals surface area contributed by atoms with Gasteiger partial charge in [0.15, 0.2) is 0 Å². The van der Waals surface area contributed by atoms with E-state index in [9.17, 15) is 13.2 Å². The smallest absolute Gasteiger partial charge is 0.268 e. The SMILES string of the molecule is Cc1ccc(N(CC(=O)NC[C@@H](C)c2ccccc2)S(=O)(=O)c2c(C)nn(C)c2C)cc1. The Morgan fingerprint density at radius 2 is 1.69 bits per heavy atom. The third kappa shape index (κ3) is 5.02. The number of hydrogen-bond donors (Lipinski definition) is 1. The van der Waals surface area contributed by atoms with Crippen LogP contribution in [-0.4, -0.2) is 37.2 Å². The molecule has 1 heterocycles. The molecule has 1 amide bonds. The summed E-state index contributed by atoms with van der Waals surface area (Å²) >= 11 is 0. The summed E-state index contributed by atoms with van der Waals surface area (Å²) in [5.74, 6) is -0.261. The molecule has 2 aromatic carbocycles. The minimum absolute atomic E-state index is 0.104. The van der Waals surface area contributed by atoms with Crippen molar-refractivity contribution >= 4 is 21.6 Å². The molecule has 0 spiro atoms. The summed E-state index contributed by atoms with van der Waals surface area (Å²) in [4.78, 5) is 13.0. The molecular formula is C24H30N4O3S. The number of rotatable bonds is 8. The molecule has 0 aliphatic heterocycles. The highest BCUT2D eigenvalue weighted by Crippen LogP contribution is 2.28. The normalized spacial score (nSPS) is 12.4. The molecule has 0 saturated heterocycles. The zero-order valence-corrected chi connectivity index (χ0v) is 20.0. The summed E-state index contributed by atoms with van der Waals surface area (Å²) in [6.07, 6.45) is 0. The molecule has 0 radical (unpaired) electrons. The Morgan fingerprint density at radius 1 is 1.06 bits per heavy atom. The maximum atomic E-state index is 13.7. The number of aryl methyl sites for hydroxylation is 3. The van der Waals surface area contributed by atoms with Gasteiger partial charge in [-0.2, -0.15) is 5.10 Å². The molecule has 0 aliphatic carbocycles. The topological polar surface area (TPSA) is 84.3 Å². The van der Waals surface area contributed by atoms with Gasteiger partial charge in [0, 0.05) is 13.6 Å². The number of carbonyl (C=O) groups is 1. The van der Waals surface area contributed by atoms with E-state index < -0.39 is 10.0 Å². The first kappa shape index (κ1) is 23.5. The van der Waals surface area contributed by atoms with Crippen molar-refractivity contribution in [1.82, 2.24) is 15.1 Å². The van der Waals surface area contributed by atoms with Crippen LogP contribution in [0.5, 0.6) is 0 Å². The van der Waals surface area contributed by atoms with Gasteiger partial charge < -0.3 is 5.32 Å². The first-order valence-electron chi connectivity index (χ1n) is 10.5.